The van der Waals surface area contributed by atoms with Gasteiger partial charge < -0.3 is 4.90 Å². The van der Waals surface area contributed by atoms with Crippen LogP contribution in [0.3, 0.4) is 0 Å². The average Bonchev–Trinajstić information content (AvgIpc) is 2.86. The van der Waals surface area contributed by atoms with Crippen LogP contribution >= 0.6 is 11.6 Å². The summed E-state index contributed by atoms with van der Waals surface area (Å²) >= 11 is 6.27. The first-order valence-electron chi connectivity index (χ1n) is 6.23. The van der Waals surface area contributed by atoms with Gasteiger partial charge in [0, 0.05) is 12.6 Å². The van der Waals surface area contributed by atoms with E-state index in [9.17, 15) is 4.79 Å². The van der Waals surface area contributed by atoms with E-state index in [0.29, 0.717) is 6.04 Å². The molecule has 0 saturated carbocycles. The number of hydrogen-bond donors (Lipinski definition) is 0. The molecule has 0 radical (unpaired) electrons. The standard InChI is InChI=1S/C14H18ClNO/c1-2-12-9-6-10-16(12)14(17)13(15)11-7-4-3-5-8-11/h3-5,7-8,12-13H,2,6,9-10H2,1H3. The molecular weight excluding hydrogens is 234 g/mol. The van der Waals surface area contributed by atoms with E-state index < -0.39 is 5.38 Å². The van der Waals surface area contributed by atoms with Gasteiger partial charge >= 0.3 is 0 Å². The second kappa shape index (κ2) is 5.54. The Hall–Kier alpha value is -1.02. The molecule has 1 fully saturated rings. The highest BCUT2D eigenvalue weighted by Gasteiger charge is 2.31. The van der Waals surface area contributed by atoms with Crippen LogP contribution in [-0.4, -0.2) is 23.4 Å². The number of alkyl halides is 1. The number of benzene rings is 1. The van der Waals surface area contributed by atoms with Gasteiger partial charge in [0.2, 0.25) is 5.91 Å². The van der Waals surface area contributed by atoms with E-state index in [0.717, 1.165) is 31.4 Å². The number of nitrogens with zero attached hydrogens (tertiary/aromatic N) is 1. The van der Waals surface area contributed by atoms with Crippen molar-refractivity contribution in [3.63, 3.8) is 0 Å². The number of carbonyl (C=O) groups is 1. The van der Waals surface area contributed by atoms with Crippen molar-refractivity contribution in [2.75, 3.05) is 6.54 Å². The number of rotatable bonds is 3. The molecule has 1 aliphatic heterocycles. The summed E-state index contributed by atoms with van der Waals surface area (Å²) in [6.45, 7) is 2.98. The second-order valence-electron chi connectivity index (χ2n) is 4.51. The Morgan fingerprint density at radius 2 is 2.18 bits per heavy atom. The molecule has 0 aromatic heterocycles. The molecule has 1 aliphatic rings. The van der Waals surface area contributed by atoms with Crippen molar-refractivity contribution in [3.8, 4) is 0 Å². The predicted molar refractivity (Wildman–Crippen MR) is 70.1 cm³/mol. The minimum absolute atomic E-state index is 0.0576. The van der Waals surface area contributed by atoms with Crippen LogP contribution in [0.5, 0.6) is 0 Å². The average molecular weight is 252 g/mol. The van der Waals surface area contributed by atoms with E-state index in [1.54, 1.807) is 0 Å². The number of amides is 1. The molecule has 3 heteroatoms. The van der Waals surface area contributed by atoms with Crippen LogP contribution in [0.15, 0.2) is 30.3 Å². The zero-order valence-electron chi connectivity index (χ0n) is 10.1. The van der Waals surface area contributed by atoms with E-state index in [1.165, 1.54) is 0 Å². The van der Waals surface area contributed by atoms with Gasteiger partial charge in [-0.05, 0) is 24.8 Å². The van der Waals surface area contributed by atoms with Gasteiger partial charge in [0.15, 0.2) is 0 Å². The van der Waals surface area contributed by atoms with Crippen LogP contribution in [0.2, 0.25) is 0 Å². The van der Waals surface area contributed by atoms with Crippen molar-refractivity contribution in [1.29, 1.82) is 0 Å². The van der Waals surface area contributed by atoms with Crippen LogP contribution < -0.4 is 0 Å². The van der Waals surface area contributed by atoms with Gasteiger partial charge in [-0.15, -0.1) is 11.6 Å². The summed E-state index contributed by atoms with van der Waals surface area (Å²) < 4.78 is 0. The maximum Gasteiger partial charge on any atom is 0.245 e. The molecule has 2 rings (SSSR count). The quantitative estimate of drug-likeness (QED) is 0.755. The van der Waals surface area contributed by atoms with Gasteiger partial charge in [0.25, 0.3) is 0 Å². The van der Waals surface area contributed by atoms with Crippen molar-refractivity contribution in [2.24, 2.45) is 0 Å². The number of hydrogen-bond acceptors (Lipinski definition) is 1. The molecule has 0 spiro atoms. The molecule has 0 bridgehead atoms. The molecule has 2 atom stereocenters. The van der Waals surface area contributed by atoms with Gasteiger partial charge in [-0.1, -0.05) is 37.3 Å². The third-order valence-electron chi connectivity index (χ3n) is 3.44. The van der Waals surface area contributed by atoms with Crippen LogP contribution in [0.1, 0.15) is 37.1 Å². The number of halogens is 1. The highest BCUT2D eigenvalue weighted by Crippen LogP contribution is 2.28. The molecule has 1 aromatic carbocycles. The summed E-state index contributed by atoms with van der Waals surface area (Å²) in [5.41, 5.74) is 0.890. The summed E-state index contributed by atoms with van der Waals surface area (Å²) in [6, 6.07) is 9.97. The first-order chi connectivity index (χ1) is 8.24. The lowest BCUT2D eigenvalue weighted by Crippen LogP contribution is -2.37. The smallest absolute Gasteiger partial charge is 0.245 e. The summed E-state index contributed by atoms with van der Waals surface area (Å²) in [7, 11) is 0. The lowest BCUT2D eigenvalue weighted by atomic mass is 10.1. The van der Waals surface area contributed by atoms with Crippen molar-refractivity contribution < 1.29 is 4.79 Å². The van der Waals surface area contributed by atoms with Gasteiger partial charge in [0.05, 0.1) is 0 Å². The minimum Gasteiger partial charge on any atom is -0.338 e. The van der Waals surface area contributed by atoms with Crippen molar-refractivity contribution in [3.05, 3.63) is 35.9 Å². The minimum atomic E-state index is -0.539. The Balaban J connectivity index is 2.10. The maximum atomic E-state index is 12.3. The number of likely N-dealkylation sites (tertiary alicyclic amines) is 1. The Morgan fingerprint density at radius 3 is 2.82 bits per heavy atom. The Kier molecular flexibility index (Phi) is 4.06. The van der Waals surface area contributed by atoms with Gasteiger partial charge in [-0.2, -0.15) is 0 Å². The Morgan fingerprint density at radius 1 is 1.47 bits per heavy atom. The molecule has 0 N–H and O–H groups in total. The molecule has 2 unspecified atom stereocenters. The van der Waals surface area contributed by atoms with Crippen LogP contribution in [0, 0.1) is 0 Å². The SMILES string of the molecule is CCC1CCCN1C(=O)C(Cl)c1ccccc1. The fourth-order valence-electron chi connectivity index (χ4n) is 2.46. The molecule has 1 amide bonds. The molecule has 2 nitrogen and oxygen atoms in total. The third kappa shape index (κ3) is 2.63. The zero-order valence-corrected chi connectivity index (χ0v) is 10.9. The Labute approximate surface area is 108 Å². The van der Waals surface area contributed by atoms with Gasteiger partial charge in [-0.3, -0.25) is 4.79 Å². The molecule has 92 valence electrons. The summed E-state index contributed by atoms with van der Waals surface area (Å²) in [6.07, 6.45) is 3.23. The second-order valence-corrected chi connectivity index (χ2v) is 4.95. The highest BCUT2D eigenvalue weighted by atomic mass is 35.5. The molecule has 1 saturated heterocycles. The molecule has 17 heavy (non-hydrogen) atoms. The maximum absolute atomic E-state index is 12.3. The summed E-state index contributed by atoms with van der Waals surface area (Å²) in [5, 5.41) is -0.539. The van der Waals surface area contributed by atoms with E-state index in [2.05, 4.69) is 6.92 Å². The summed E-state index contributed by atoms with van der Waals surface area (Å²) in [4.78, 5) is 14.3. The van der Waals surface area contributed by atoms with Gasteiger partial charge in [0.1, 0.15) is 5.38 Å². The van der Waals surface area contributed by atoms with Crippen LogP contribution in [-0.2, 0) is 4.79 Å². The molecule has 0 aliphatic carbocycles. The van der Waals surface area contributed by atoms with E-state index >= 15 is 0 Å². The topological polar surface area (TPSA) is 20.3 Å². The summed E-state index contributed by atoms with van der Waals surface area (Å²) in [5.74, 6) is 0.0576. The normalized spacial score (nSPS) is 21.5. The Bertz CT molecular complexity index is 379. The predicted octanol–water partition coefficient (Wildman–Crippen LogP) is 3.37. The lowest BCUT2D eigenvalue weighted by Gasteiger charge is -2.26. The van der Waals surface area contributed by atoms with Crippen molar-refractivity contribution in [2.45, 2.75) is 37.6 Å². The van der Waals surface area contributed by atoms with Crippen LogP contribution in [0.25, 0.3) is 0 Å². The highest BCUT2D eigenvalue weighted by molar-refractivity contribution is 6.30. The van der Waals surface area contributed by atoms with Crippen LogP contribution in [0.4, 0.5) is 0 Å². The van der Waals surface area contributed by atoms with E-state index in [-0.39, 0.29) is 5.91 Å². The van der Waals surface area contributed by atoms with Crippen molar-refractivity contribution in [1.82, 2.24) is 4.90 Å². The third-order valence-corrected chi connectivity index (χ3v) is 3.88. The molecule has 1 aromatic rings. The largest absolute Gasteiger partial charge is 0.338 e. The van der Waals surface area contributed by atoms with E-state index in [4.69, 9.17) is 11.6 Å². The fourth-order valence-corrected chi connectivity index (χ4v) is 2.73. The molecular formula is C14H18ClNO. The van der Waals surface area contributed by atoms with Crippen molar-refractivity contribution >= 4 is 17.5 Å². The zero-order chi connectivity index (χ0) is 12.3. The monoisotopic (exact) mass is 251 g/mol. The molecule has 1 heterocycles. The first-order valence-corrected chi connectivity index (χ1v) is 6.67. The van der Waals surface area contributed by atoms with E-state index in [1.807, 2.05) is 35.2 Å². The fraction of sp³-hybridized carbons (Fsp3) is 0.500. The first kappa shape index (κ1) is 12.4. The number of carbonyl (C=O) groups excluding carboxylic acids is 1. The lowest BCUT2D eigenvalue weighted by molar-refractivity contribution is -0.131. The van der Waals surface area contributed by atoms with Gasteiger partial charge in [-0.25, -0.2) is 0 Å².